The molecule has 0 aliphatic rings. The zero-order valence-corrected chi connectivity index (χ0v) is 11.4. The summed E-state index contributed by atoms with van der Waals surface area (Å²) in [6.07, 6.45) is 0.0865. The molecule has 21 heavy (non-hydrogen) atoms. The Morgan fingerprint density at radius 3 is 2.62 bits per heavy atom. The summed E-state index contributed by atoms with van der Waals surface area (Å²) in [6.45, 7) is 0. The van der Waals surface area contributed by atoms with Crippen molar-refractivity contribution in [1.82, 2.24) is 0 Å². The van der Waals surface area contributed by atoms with Crippen LogP contribution in [0.15, 0.2) is 42.5 Å². The molecule has 1 amide bonds. The molecular formula is C16H13FN2O2. The Labute approximate surface area is 121 Å². The highest BCUT2D eigenvalue weighted by molar-refractivity contribution is 5.95. The number of halogens is 1. The third-order valence-corrected chi connectivity index (χ3v) is 2.91. The summed E-state index contributed by atoms with van der Waals surface area (Å²) in [5, 5.41) is 11.7. The Hall–Kier alpha value is -2.87. The molecule has 0 radical (unpaired) electrons. The molecular weight excluding hydrogens is 271 g/mol. The summed E-state index contributed by atoms with van der Waals surface area (Å²) in [5.41, 5.74) is 1.35. The number of carbonyl (C=O) groups excluding carboxylic acids is 1. The fourth-order valence-corrected chi connectivity index (χ4v) is 1.89. The number of carbonyl (C=O) groups is 1. The maximum Gasteiger partial charge on any atom is 0.228 e. The number of hydrogen-bond acceptors (Lipinski definition) is 3. The summed E-state index contributed by atoms with van der Waals surface area (Å²) in [6, 6.07) is 12.6. The van der Waals surface area contributed by atoms with Crippen molar-refractivity contribution in [2.24, 2.45) is 0 Å². The summed E-state index contributed by atoms with van der Waals surface area (Å²) in [5.74, 6) is -0.236. The van der Waals surface area contributed by atoms with Gasteiger partial charge in [-0.3, -0.25) is 4.79 Å². The van der Waals surface area contributed by atoms with E-state index in [4.69, 9.17) is 10.00 Å². The average molecular weight is 284 g/mol. The van der Waals surface area contributed by atoms with Crippen LogP contribution in [0.25, 0.3) is 0 Å². The van der Waals surface area contributed by atoms with Gasteiger partial charge in [-0.25, -0.2) is 4.39 Å². The number of nitriles is 1. The van der Waals surface area contributed by atoms with Crippen molar-refractivity contribution in [3.05, 3.63) is 59.4 Å². The van der Waals surface area contributed by atoms with Crippen molar-refractivity contribution in [3.63, 3.8) is 0 Å². The quantitative estimate of drug-likeness (QED) is 0.939. The van der Waals surface area contributed by atoms with E-state index in [1.165, 1.54) is 19.2 Å². The number of methoxy groups -OCH3 is 1. The lowest BCUT2D eigenvalue weighted by molar-refractivity contribution is -0.115. The Bertz CT molecular complexity index is 690. The van der Waals surface area contributed by atoms with Crippen LogP contribution in [0.3, 0.4) is 0 Å². The molecule has 0 saturated carbocycles. The molecule has 0 fully saturated rings. The molecule has 0 unspecified atom stereocenters. The Kier molecular flexibility index (Phi) is 4.52. The molecule has 2 rings (SSSR count). The van der Waals surface area contributed by atoms with E-state index in [0.717, 1.165) is 0 Å². The van der Waals surface area contributed by atoms with E-state index in [-0.39, 0.29) is 18.1 Å². The smallest absolute Gasteiger partial charge is 0.228 e. The number of ether oxygens (including phenoxy) is 1. The first-order chi connectivity index (χ1) is 10.1. The molecule has 0 heterocycles. The topological polar surface area (TPSA) is 62.1 Å². The van der Waals surface area contributed by atoms with Gasteiger partial charge in [-0.15, -0.1) is 0 Å². The second kappa shape index (κ2) is 6.53. The first-order valence-corrected chi connectivity index (χ1v) is 6.25. The maximum absolute atomic E-state index is 12.8. The van der Waals surface area contributed by atoms with E-state index in [1.54, 1.807) is 30.3 Å². The van der Waals surface area contributed by atoms with E-state index in [1.807, 2.05) is 6.07 Å². The second-order valence-corrected chi connectivity index (χ2v) is 4.35. The predicted molar refractivity (Wildman–Crippen MR) is 76.4 cm³/mol. The van der Waals surface area contributed by atoms with Gasteiger partial charge in [0, 0.05) is 0 Å². The van der Waals surface area contributed by atoms with Gasteiger partial charge in [-0.2, -0.15) is 5.26 Å². The highest BCUT2D eigenvalue weighted by atomic mass is 19.1. The van der Waals surface area contributed by atoms with Crippen LogP contribution < -0.4 is 10.1 Å². The first-order valence-electron chi connectivity index (χ1n) is 6.25. The number of hydrogen-bond donors (Lipinski definition) is 1. The number of amides is 1. The largest absolute Gasteiger partial charge is 0.495 e. The normalized spacial score (nSPS) is 9.76. The van der Waals surface area contributed by atoms with E-state index in [9.17, 15) is 9.18 Å². The van der Waals surface area contributed by atoms with E-state index in [2.05, 4.69) is 5.32 Å². The maximum atomic E-state index is 12.8. The van der Waals surface area contributed by atoms with Crippen LogP contribution >= 0.6 is 0 Å². The van der Waals surface area contributed by atoms with E-state index >= 15 is 0 Å². The lowest BCUT2D eigenvalue weighted by Crippen LogP contribution is -2.16. The minimum atomic E-state index is -0.351. The van der Waals surface area contributed by atoms with Gasteiger partial charge in [0.1, 0.15) is 23.3 Å². The molecule has 1 N–H and O–H groups in total. The minimum absolute atomic E-state index is 0.0865. The predicted octanol–water partition coefficient (Wildman–Crippen LogP) is 2.89. The molecule has 0 aliphatic carbocycles. The fourth-order valence-electron chi connectivity index (χ4n) is 1.89. The molecule has 5 heteroatoms. The Morgan fingerprint density at radius 1 is 1.29 bits per heavy atom. The number of anilines is 1. The number of nitrogens with one attached hydrogen (secondary N) is 1. The van der Waals surface area contributed by atoms with E-state index in [0.29, 0.717) is 22.6 Å². The van der Waals surface area contributed by atoms with Crippen LogP contribution in [0.4, 0.5) is 10.1 Å². The molecule has 106 valence electrons. The summed E-state index contributed by atoms with van der Waals surface area (Å²) in [4.78, 5) is 12.0. The Morgan fingerprint density at radius 2 is 2.00 bits per heavy atom. The minimum Gasteiger partial charge on any atom is -0.495 e. The molecule has 0 spiro atoms. The van der Waals surface area contributed by atoms with Crippen molar-refractivity contribution >= 4 is 11.6 Å². The third-order valence-electron chi connectivity index (χ3n) is 2.91. The van der Waals surface area contributed by atoms with E-state index < -0.39 is 0 Å². The zero-order valence-electron chi connectivity index (χ0n) is 11.4. The zero-order chi connectivity index (χ0) is 15.2. The summed E-state index contributed by atoms with van der Waals surface area (Å²) >= 11 is 0. The van der Waals surface area contributed by atoms with Gasteiger partial charge in [0.15, 0.2) is 0 Å². The summed E-state index contributed by atoms with van der Waals surface area (Å²) < 4.78 is 18.0. The standard InChI is InChI=1S/C16H13FN2O2/c1-21-14-4-2-3-12(10-18)16(14)19-15(20)9-11-5-7-13(17)8-6-11/h2-8H,9H2,1H3,(H,19,20). The number of para-hydroxylation sites is 1. The monoisotopic (exact) mass is 284 g/mol. The van der Waals surface area contributed by atoms with Gasteiger partial charge in [-0.1, -0.05) is 18.2 Å². The van der Waals surface area contributed by atoms with Gasteiger partial charge in [0.2, 0.25) is 5.91 Å². The number of rotatable bonds is 4. The van der Waals surface area contributed by atoms with Crippen molar-refractivity contribution < 1.29 is 13.9 Å². The highest BCUT2D eigenvalue weighted by Crippen LogP contribution is 2.27. The van der Waals surface area contributed by atoms with Crippen LogP contribution in [-0.4, -0.2) is 13.0 Å². The van der Waals surface area contributed by atoms with Gasteiger partial charge in [0.05, 0.1) is 19.1 Å². The van der Waals surface area contributed by atoms with Crippen LogP contribution in [0.5, 0.6) is 5.75 Å². The lowest BCUT2D eigenvalue weighted by Gasteiger charge is -2.11. The van der Waals surface area contributed by atoms with Crippen LogP contribution in [0, 0.1) is 17.1 Å². The van der Waals surface area contributed by atoms with Gasteiger partial charge < -0.3 is 10.1 Å². The summed E-state index contributed by atoms with van der Waals surface area (Å²) in [7, 11) is 1.46. The highest BCUT2D eigenvalue weighted by Gasteiger charge is 2.12. The fraction of sp³-hybridized carbons (Fsp3) is 0.125. The van der Waals surface area contributed by atoms with Crippen molar-refractivity contribution in [2.75, 3.05) is 12.4 Å². The molecule has 0 atom stereocenters. The molecule has 0 aromatic heterocycles. The third kappa shape index (κ3) is 3.57. The SMILES string of the molecule is COc1cccc(C#N)c1NC(=O)Cc1ccc(F)cc1. The van der Waals surface area contributed by atoms with Crippen molar-refractivity contribution in [3.8, 4) is 11.8 Å². The molecule has 0 aliphatic heterocycles. The van der Waals surface area contributed by atoms with Gasteiger partial charge >= 0.3 is 0 Å². The molecule has 2 aromatic rings. The number of benzene rings is 2. The van der Waals surface area contributed by atoms with Crippen LogP contribution in [0.1, 0.15) is 11.1 Å². The first kappa shape index (κ1) is 14.5. The molecule has 0 bridgehead atoms. The second-order valence-electron chi connectivity index (χ2n) is 4.35. The van der Waals surface area contributed by atoms with Crippen LogP contribution in [0.2, 0.25) is 0 Å². The molecule has 4 nitrogen and oxygen atoms in total. The van der Waals surface area contributed by atoms with Gasteiger partial charge in [0.25, 0.3) is 0 Å². The van der Waals surface area contributed by atoms with Crippen molar-refractivity contribution in [1.29, 1.82) is 5.26 Å². The lowest BCUT2D eigenvalue weighted by atomic mass is 10.1. The van der Waals surface area contributed by atoms with Crippen molar-refractivity contribution in [2.45, 2.75) is 6.42 Å². The number of nitrogens with zero attached hydrogens (tertiary/aromatic N) is 1. The average Bonchev–Trinajstić information content (AvgIpc) is 2.49. The molecule has 0 saturated heterocycles. The Balaban J connectivity index is 2.16. The molecule has 2 aromatic carbocycles. The van der Waals surface area contributed by atoms with Crippen LogP contribution in [-0.2, 0) is 11.2 Å². The van der Waals surface area contributed by atoms with Gasteiger partial charge in [-0.05, 0) is 29.8 Å².